The summed E-state index contributed by atoms with van der Waals surface area (Å²) in [5, 5.41) is 4.32. The highest BCUT2D eigenvalue weighted by atomic mass is 35.5. The first-order chi connectivity index (χ1) is 12.2. The third-order valence-electron chi connectivity index (χ3n) is 2.90. The molecule has 0 fully saturated rings. The van der Waals surface area contributed by atoms with Crippen LogP contribution in [0, 0.1) is 0 Å². The van der Waals surface area contributed by atoms with Crippen LogP contribution in [0.25, 0.3) is 0 Å². The van der Waals surface area contributed by atoms with Crippen LogP contribution in [0.3, 0.4) is 0 Å². The van der Waals surface area contributed by atoms with Gasteiger partial charge in [0.2, 0.25) is 5.82 Å². The molecule has 0 saturated heterocycles. The van der Waals surface area contributed by atoms with Crippen molar-refractivity contribution >= 4 is 41.2 Å². The minimum Gasteiger partial charge on any atom is -0.462 e. The number of alkyl halides is 3. The molecule has 0 radical (unpaired) electrons. The Morgan fingerprint density at radius 1 is 1.35 bits per heavy atom. The molecule has 0 unspecified atom stereocenters. The predicted molar refractivity (Wildman–Crippen MR) is 90.7 cm³/mol. The van der Waals surface area contributed by atoms with Crippen LogP contribution in [0.1, 0.15) is 28.7 Å². The first-order valence-electron chi connectivity index (χ1n) is 7.08. The van der Waals surface area contributed by atoms with E-state index in [-0.39, 0.29) is 22.2 Å². The Morgan fingerprint density at radius 2 is 2.00 bits per heavy atom. The first-order valence-corrected chi connectivity index (χ1v) is 7.84. The number of anilines is 1. The molecule has 6 nitrogen and oxygen atoms in total. The maximum absolute atomic E-state index is 12.8. The van der Waals surface area contributed by atoms with Crippen molar-refractivity contribution in [3.8, 4) is 0 Å². The molecule has 2 rings (SSSR count). The van der Waals surface area contributed by atoms with Gasteiger partial charge in [0.1, 0.15) is 5.56 Å². The number of esters is 1. The van der Waals surface area contributed by atoms with E-state index in [4.69, 9.17) is 27.9 Å². The molecule has 1 aromatic carbocycles. The Hall–Kier alpha value is -2.39. The number of ether oxygens (including phenoxy) is 1. The van der Waals surface area contributed by atoms with E-state index in [1.54, 1.807) is 25.1 Å². The maximum atomic E-state index is 12.8. The molecule has 0 saturated carbocycles. The zero-order valence-corrected chi connectivity index (χ0v) is 14.7. The van der Waals surface area contributed by atoms with E-state index in [1.165, 1.54) is 6.21 Å². The largest absolute Gasteiger partial charge is 0.462 e. The molecule has 0 bridgehead atoms. The van der Waals surface area contributed by atoms with Crippen LogP contribution >= 0.6 is 23.2 Å². The number of carbonyl (C=O) groups is 1. The molecule has 0 aliphatic rings. The summed E-state index contributed by atoms with van der Waals surface area (Å²) in [6, 6.07) is 4.74. The molecule has 0 amide bonds. The van der Waals surface area contributed by atoms with Crippen LogP contribution < -0.4 is 5.43 Å². The van der Waals surface area contributed by atoms with Gasteiger partial charge in [0.15, 0.2) is 5.82 Å². The van der Waals surface area contributed by atoms with E-state index >= 15 is 0 Å². The molecule has 26 heavy (non-hydrogen) atoms. The van der Waals surface area contributed by atoms with Crippen molar-refractivity contribution in [3.05, 3.63) is 51.4 Å². The Labute approximate surface area is 156 Å². The molecular formula is C15H11Cl2F3N4O2. The average molecular weight is 407 g/mol. The van der Waals surface area contributed by atoms with Gasteiger partial charge in [-0.1, -0.05) is 29.3 Å². The summed E-state index contributed by atoms with van der Waals surface area (Å²) < 4.78 is 43.2. The summed E-state index contributed by atoms with van der Waals surface area (Å²) in [6.45, 7) is 1.57. The van der Waals surface area contributed by atoms with Crippen LogP contribution in [0.4, 0.5) is 19.0 Å². The van der Waals surface area contributed by atoms with Crippen molar-refractivity contribution < 1.29 is 22.7 Å². The van der Waals surface area contributed by atoms with E-state index in [0.717, 1.165) is 0 Å². The minimum absolute atomic E-state index is 0.0256. The maximum Gasteiger partial charge on any atom is 0.451 e. The molecule has 0 aliphatic carbocycles. The molecule has 138 valence electrons. The summed E-state index contributed by atoms with van der Waals surface area (Å²) >= 11 is 11.9. The number of hydrazone groups is 1. The lowest BCUT2D eigenvalue weighted by Gasteiger charge is -2.10. The number of nitrogens with one attached hydrogen (secondary N) is 1. The SMILES string of the molecule is CCOC(=O)c1cnc(C(F)(F)F)nc1NN=Cc1c(Cl)cccc1Cl. The topological polar surface area (TPSA) is 76.5 Å². The molecule has 2 aromatic rings. The molecule has 11 heteroatoms. The monoisotopic (exact) mass is 406 g/mol. The van der Waals surface area contributed by atoms with Crippen LogP contribution in [0.15, 0.2) is 29.5 Å². The average Bonchev–Trinajstić information content (AvgIpc) is 2.56. The molecule has 0 aliphatic heterocycles. The molecule has 1 heterocycles. The van der Waals surface area contributed by atoms with Crippen molar-refractivity contribution in [2.75, 3.05) is 12.0 Å². The summed E-state index contributed by atoms with van der Waals surface area (Å²) in [6.07, 6.45) is -2.89. The second kappa shape index (κ2) is 8.33. The molecule has 1 N–H and O–H groups in total. The van der Waals surface area contributed by atoms with Gasteiger partial charge in [0, 0.05) is 11.8 Å². The third kappa shape index (κ3) is 4.83. The van der Waals surface area contributed by atoms with E-state index in [0.29, 0.717) is 11.8 Å². The Kier molecular flexibility index (Phi) is 6.38. The highest BCUT2D eigenvalue weighted by molar-refractivity contribution is 6.38. The Bertz CT molecular complexity index is 824. The molecule has 1 aromatic heterocycles. The summed E-state index contributed by atoms with van der Waals surface area (Å²) in [7, 11) is 0. The lowest BCUT2D eigenvalue weighted by molar-refractivity contribution is -0.144. The van der Waals surface area contributed by atoms with Gasteiger partial charge >= 0.3 is 12.1 Å². The number of halogens is 5. The number of hydrogen-bond acceptors (Lipinski definition) is 6. The minimum atomic E-state index is -4.79. The fraction of sp³-hybridized carbons (Fsp3) is 0.200. The van der Waals surface area contributed by atoms with Gasteiger partial charge in [-0.05, 0) is 19.1 Å². The quantitative estimate of drug-likeness (QED) is 0.451. The van der Waals surface area contributed by atoms with E-state index in [9.17, 15) is 18.0 Å². The Morgan fingerprint density at radius 3 is 2.58 bits per heavy atom. The van der Waals surface area contributed by atoms with Crippen molar-refractivity contribution in [2.24, 2.45) is 5.10 Å². The van der Waals surface area contributed by atoms with Crippen molar-refractivity contribution in [1.29, 1.82) is 0 Å². The highest BCUT2D eigenvalue weighted by Gasteiger charge is 2.35. The van der Waals surface area contributed by atoms with E-state index in [1.807, 2.05) is 0 Å². The lowest BCUT2D eigenvalue weighted by atomic mass is 10.2. The van der Waals surface area contributed by atoms with Gasteiger partial charge in [-0.25, -0.2) is 14.8 Å². The second-order valence-corrected chi connectivity index (χ2v) is 5.49. The normalized spacial score (nSPS) is 11.6. The number of hydrogen-bond donors (Lipinski definition) is 1. The van der Waals surface area contributed by atoms with Crippen molar-refractivity contribution in [1.82, 2.24) is 9.97 Å². The fourth-order valence-electron chi connectivity index (χ4n) is 1.75. The number of rotatable bonds is 5. The van der Waals surface area contributed by atoms with Crippen LogP contribution in [0.5, 0.6) is 0 Å². The van der Waals surface area contributed by atoms with Gasteiger partial charge in [0.25, 0.3) is 0 Å². The van der Waals surface area contributed by atoms with Gasteiger partial charge in [0.05, 0.1) is 22.9 Å². The molecular weight excluding hydrogens is 396 g/mol. The van der Waals surface area contributed by atoms with Gasteiger partial charge in [-0.15, -0.1) is 0 Å². The molecule has 0 spiro atoms. The standard InChI is InChI=1S/C15H11Cl2F3N4O2/c1-2-26-13(25)9-6-21-14(15(18,19)20)23-12(9)24-22-7-8-10(16)4-3-5-11(8)17/h3-7H,2H2,1H3,(H,21,23,24). The van der Waals surface area contributed by atoms with Gasteiger partial charge in [-0.3, -0.25) is 5.43 Å². The number of nitrogens with zero attached hydrogens (tertiary/aromatic N) is 3. The Balaban J connectivity index is 2.36. The van der Waals surface area contributed by atoms with E-state index < -0.39 is 23.8 Å². The number of benzene rings is 1. The van der Waals surface area contributed by atoms with E-state index in [2.05, 4.69) is 20.5 Å². The summed E-state index contributed by atoms with van der Waals surface area (Å²) in [5.41, 5.74) is 2.30. The first kappa shape index (κ1) is 19.9. The van der Waals surface area contributed by atoms with Crippen LogP contribution in [-0.2, 0) is 10.9 Å². The van der Waals surface area contributed by atoms with Gasteiger partial charge in [-0.2, -0.15) is 18.3 Å². The zero-order chi connectivity index (χ0) is 19.3. The van der Waals surface area contributed by atoms with Crippen molar-refractivity contribution in [3.63, 3.8) is 0 Å². The fourth-order valence-corrected chi connectivity index (χ4v) is 2.25. The van der Waals surface area contributed by atoms with Crippen LogP contribution in [0.2, 0.25) is 10.0 Å². The lowest BCUT2D eigenvalue weighted by Crippen LogP contribution is -2.16. The predicted octanol–water partition coefficient (Wildman–Crippen LogP) is 4.42. The summed E-state index contributed by atoms with van der Waals surface area (Å²) in [5.74, 6) is -2.79. The highest BCUT2D eigenvalue weighted by Crippen LogP contribution is 2.28. The smallest absolute Gasteiger partial charge is 0.451 e. The third-order valence-corrected chi connectivity index (χ3v) is 3.56. The number of carbonyl (C=O) groups excluding carboxylic acids is 1. The zero-order valence-electron chi connectivity index (χ0n) is 13.1. The van der Waals surface area contributed by atoms with Crippen molar-refractivity contribution in [2.45, 2.75) is 13.1 Å². The second-order valence-electron chi connectivity index (χ2n) is 4.68. The van der Waals surface area contributed by atoms with Gasteiger partial charge < -0.3 is 4.74 Å². The molecule has 0 atom stereocenters. The summed E-state index contributed by atoms with van der Waals surface area (Å²) in [4.78, 5) is 18.3. The van der Waals surface area contributed by atoms with Crippen LogP contribution in [-0.4, -0.2) is 28.8 Å². The number of aromatic nitrogens is 2.